The molecule has 0 aliphatic carbocycles. The molecule has 0 radical (unpaired) electrons. The number of nitrogens with zero attached hydrogens (tertiary/aromatic N) is 5. The summed E-state index contributed by atoms with van der Waals surface area (Å²) in [5.74, 6) is 0. The van der Waals surface area contributed by atoms with Crippen molar-refractivity contribution in [1.82, 2.24) is 18.8 Å². The minimum Gasteiger partial charge on any atom is -0.308 e. The third-order valence-corrected chi connectivity index (χ3v) is 13.4. The van der Waals surface area contributed by atoms with E-state index in [9.17, 15) is 0 Å². The summed E-state index contributed by atoms with van der Waals surface area (Å²) in [4.78, 5) is 14.1. The molecule has 5 nitrogen and oxygen atoms in total. The van der Waals surface area contributed by atoms with Gasteiger partial charge in [0, 0.05) is 43.7 Å². The van der Waals surface area contributed by atoms with Crippen molar-refractivity contribution in [3.05, 3.63) is 163 Å². The van der Waals surface area contributed by atoms with Crippen LogP contribution in [0.2, 0.25) is 0 Å². The Morgan fingerprint density at radius 1 is 0.410 bits per heavy atom. The van der Waals surface area contributed by atoms with E-state index >= 15 is 0 Å². The van der Waals surface area contributed by atoms with E-state index in [0.717, 1.165) is 61.2 Å². The maximum Gasteiger partial charge on any atom is 0.165 e. The van der Waals surface area contributed by atoms with E-state index in [1.54, 1.807) is 0 Å². The predicted octanol–water partition coefficient (Wildman–Crippen LogP) is 15.1. The first-order valence-corrected chi connectivity index (χ1v) is 21.4. The lowest BCUT2D eigenvalue weighted by Crippen LogP contribution is -2.15. The second kappa shape index (κ2) is 11.7. The molecule has 5 heterocycles. The molecule has 13 rings (SSSR count). The number of hydrogen-bond acceptors (Lipinski definition) is 3. The Kier molecular flexibility index (Phi) is 6.66. The zero-order chi connectivity index (χ0) is 41.1. The van der Waals surface area contributed by atoms with Crippen LogP contribution >= 0.6 is 0 Å². The van der Waals surface area contributed by atoms with Gasteiger partial charge in [0.25, 0.3) is 0 Å². The molecule has 0 spiro atoms. The van der Waals surface area contributed by atoms with Gasteiger partial charge in [-0.15, -0.1) is 0 Å². The number of hydrogen-bond donors (Lipinski definition) is 0. The monoisotopic (exact) mass is 785 g/mol. The quantitative estimate of drug-likeness (QED) is 0.179. The van der Waals surface area contributed by atoms with Gasteiger partial charge in [0.15, 0.2) is 11.3 Å². The maximum absolute atomic E-state index is 5.85. The Bertz CT molecular complexity index is 3900. The number of rotatable bonds is 3. The van der Waals surface area contributed by atoms with Crippen LogP contribution in [0.5, 0.6) is 0 Å². The van der Waals surface area contributed by atoms with Gasteiger partial charge in [-0.25, -0.2) is 9.97 Å². The zero-order valence-corrected chi connectivity index (χ0v) is 35.2. The van der Waals surface area contributed by atoms with Gasteiger partial charge >= 0.3 is 0 Å². The molecule has 0 bridgehead atoms. The fourth-order valence-corrected chi connectivity index (χ4v) is 10.4. The second-order valence-corrected chi connectivity index (χ2v) is 19.1. The molecule has 0 saturated carbocycles. The van der Waals surface area contributed by atoms with Crippen molar-refractivity contribution in [2.75, 3.05) is 4.90 Å². The predicted molar refractivity (Wildman–Crippen MR) is 258 cm³/mol. The van der Waals surface area contributed by atoms with Crippen LogP contribution < -0.4 is 4.90 Å². The van der Waals surface area contributed by atoms with Gasteiger partial charge < -0.3 is 4.90 Å². The molecule has 292 valence electrons. The maximum atomic E-state index is 5.85. The average molecular weight is 786 g/mol. The molecule has 0 amide bonds. The molecular formula is C56H43N5. The standard InChI is InChI=1S/C56H43N5/c1-55(2,3)34-25-26-44-40(29-34)46-38-23-15-13-17-32(38)27-42-48-53(60(44)51(42)46)57-49-43-28-33-18-14-16-24-39(33)47-41-30-35(56(4,5)6)31-45(50(41)61(52(43)47)54(49)58-48)59(36-19-9-7-10-20-36)37-21-11-8-12-22-37/h7-31H,1-6H3. The highest BCUT2D eigenvalue weighted by atomic mass is 15.2. The summed E-state index contributed by atoms with van der Waals surface area (Å²) < 4.78 is 4.86. The largest absolute Gasteiger partial charge is 0.308 e. The molecular weight excluding hydrogens is 743 g/mol. The molecule has 61 heavy (non-hydrogen) atoms. The molecule has 0 aliphatic heterocycles. The van der Waals surface area contributed by atoms with Crippen molar-refractivity contribution in [2.24, 2.45) is 0 Å². The normalized spacial score (nSPS) is 13.1. The van der Waals surface area contributed by atoms with Crippen molar-refractivity contribution < 1.29 is 0 Å². The van der Waals surface area contributed by atoms with E-state index in [0.29, 0.717) is 0 Å². The minimum absolute atomic E-state index is 0.0134. The lowest BCUT2D eigenvalue weighted by molar-refractivity contribution is 0.591. The topological polar surface area (TPSA) is 37.8 Å². The highest BCUT2D eigenvalue weighted by Gasteiger charge is 2.30. The minimum atomic E-state index is -0.113. The SMILES string of the molecule is CC(C)(C)c1ccc2c(c1)c1c3ccccc3cc3c4nc5c(nc4n2c31)c1cc2ccccc2c2c3cc(C(C)(C)C)cc(N(c4ccccc4)c4ccccc4)c3n5c12. The van der Waals surface area contributed by atoms with Crippen LogP contribution in [-0.4, -0.2) is 18.8 Å². The van der Waals surface area contributed by atoms with Gasteiger partial charge in [0.05, 0.1) is 27.8 Å². The summed E-state index contributed by atoms with van der Waals surface area (Å²) >= 11 is 0. The number of anilines is 3. The summed E-state index contributed by atoms with van der Waals surface area (Å²) in [6, 6.07) is 55.8. The first-order valence-electron chi connectivity index (χ1n) is 21.4. The molecule has 0 N–H and O–H groups in total. The molecule has 13 aromatic rings. The van der Waals surface area contributed by atoms with E-state index in [1.807, 2.05) is 0 Å². The Labute approximate surface area is 352 Å². The number of fused-ring (bicyclic) bond motifs is 16. The molecule has 0 saturated heterocycles. The molecule has 8 aromatic carbocycles. The van der Waals surface area contributed by atoms with Crippen molar-refractivity contribution in [3.63, 3.8) is 0 Å². The van der Waals surface area contributed by atoms with Crippen LogP contribution in [0.25, 0.3) is 98.3 Å². The Morgan fingerprint density at radius 2 is 0.902 bits per heavy atom. The van der Waals surface area contributed by atoms with Gasteiger partial charge in [-0.2, -0.15) is 0 Å². The third kappa shape index (κ3) is 4.61. The summed E-state index contributed by atoms with van der Waals surface area (Å²) in [6.45, 7) is 13.8. The smallest absolute Gasteiger partial charge is 0.165 e. The van der Waals surface area contributed by atoms with Crippen LogP contribution in [0.1, 0.15) is 52.7 Å². The van der Waals surface area contributed by atoms with E-state index in [2.05, 4.69) is 207 Å². The van der Waals surface area contributed by atoms with Crippen molar-refractivity contribution >= 4 is 115 Å². The van der Waals surface area contributed by atoms with Crippen LogP contribution in [-0.2, 0) is 10.8 Å². The van der Waals surface area contributed by atoms with Gasteiger partial charge in [-0.05, 0) is 104 Å². The van der Waals surface area contributed by atoms with Crippen LogP contribution in [0.3, 0.4) is 0 Å². The Morgan fingerprint density at radius 3 is 1.48 bits per heavy atom. The second-order valence-electron chi connectivity index (χ2n) is 19.1. The van der Waals surface area contributed by atoms with E-state index in [1.165, 1.54) is 65.3 Å². The Balaban J connectivity index is 1.27. The van der Waals surface area contributed by atoms with Gasteiger partial charge in [0.1, 0.15) is 11.0 Å². The summed E-state index contributed by atoms with van der Waals surface area (Å²) in [6.07, 6.45) is 0. The summed E-state index contributed by atoms with van der Waals surface area (Å²) in [5.41, 5.74) is 14.1. The lowest BCUT2D eigenvalue weighted by atomic mass is 9.85. The van der Waals surface area contributed by atoms with Crippen LogP contribution in [0.4, 0.5) is 17.1 Å². The number of benzene rings is 8. The van der Waals surface area contributed by atoms with Crippen LogP contribution in [0.15, 0.2) is 152 Å². The molecule has 5 heteroatoms. The van der Waals surface area contributed by atoms with E-state index in [4.69, 9.17) is 9.97 Å². The zero-order valence-electron chi connectivity index (χ0n) is 35.2. The first kappa shape index (κ1) is 34.6. The third-order valence-electron chi connectivity index (χ3n) is 13.4. The molecule has 0 aliphatic rings. The van der Waals surface area contributed by atoms with Crippen molar-refractivity contribution in [1.29, 1.82) is 0 Å². The number of aromatic nitrogens is 4. The number of para-hydroxylation sites is 2. The highest BCUT2D eigenvalue weighted by Crippen LogP contribution is 2.50. The van der Waals surface area contributed by atoms with E-state index < -0.39 is 0 Å². The van der Waals surface area contributed by atoms with Crippen molar-refractivity contribution in [3.8, 4) is 0 Å². The molecule has 0 fully saturated rings. The van der Waals surface area contributed by atoms with Gasteiger partial charge in [0.2, 0.25) is 0 Å². The average Bonchev–Trinajstić information content (AvgIpc) is 3.98. The van der Waals surface area contributed by atoms with E-state index in [-0.39, 0.29) is 10.8 Å². The van der Waals surface area contributed by atoms with Gasteiger partial charge in [-0.1, -0.05) is 133 Å². The van der Waals surface area contributed by atoms with Crippen molar-refractivity contribution in [2.45, 2.75) is 52.4 Å². The first-order chi connectivity index (χ1) is 29.5. The fraction of sp³-hybridized carbons (Fsp3) is 0.143. The summed E-state index contributed by atoms with van der Waals surface area (Å²) in [5, 5.41) is 12.1. The van der Waals surface area contributed by atoms with Gasteiger partial charge in [-0.3, -0.25) is 8.80 Å². The lowest BCUT2D eigenvalue weighted by Gasteiger charge is -2.29. The summed E-state index contributed by atoms with van der Waals surface area (Å²) in [7, 11) is 0. The molecule has 5 aromatic heterocycles. The highest BCUT2D eigenvalue weighted by molar-refractivity contribution is 6.34. The van der Waals surface area contributed by atoms with Crippen LogP contribution in [0, 0.1) is 0 Å². The Hall–Kier alpha value is -7.24. The fourth-order valence-electron chi connectivity index (χ4n) is 10.4. The molecule has 0 unspecified atom stereocenters. The molecule has 0 atom stereocenters.